The van der Waals surface area contributed by atoms with Crippen LogP contribution >= 0.6 is 0 Å². The van der Waals surface area contributed by atoms with Crippen molar-refractivity contribution in [3.05, 3.63) is 53.9 Å². The van der Waals surface area contributed by atoms with E-state index >= 15 is 0 Å². The van der Waals surface area contributed by atoms with Gasteiger partial charge in [-0.25, -0.2) is 15.0 Å². The summed E-state index contributed by atoms with van der Waals surface area (Å²) >= 11 is 0. The highest BCUT2D eigenvalue weighted by atomic mass is 15.2. The van der Waals surface area contributed by atoms with Crippen LogP contribution in [-0.2, 0) is 6.54 Å². The Morgan fingerprint density at radius 2 is 1.93 bits per heavy atom. The van der Waals surface area contributed by atoms with E-state index in [1.807, 2.05) is 6.07 Å². The molecule has 0 unspecified atom stereocenters. The van der Waals surface area contributed by atoms with Gasteiger partial charge in [0.2, 0.25) is 0 Å². The van der Waals surface area contributed by atoms with Gasteiger partial charge >= 0.3 is 0 Å². The van der Waals surface area contributed by atoms with Gasteiger partial charge in [0.1, 0.15) is 17.2 Å². The molecule has 28 heavy (non-hydrogen) atoms. The number of aromatic nitrogens is 4. The van der Waals surface area contributed by atoms with Gasteiger partial charge in [0, 0.05) is 30.8 Å². The minimum absolute atomic E-state index is 0.699. The van der Waals surface area contributed by atoms with Gasteiger partial charge in [-0.05, 0) is 67.5 Å². The van der Waals surface area contributed by atoms with Crippen LogP contribution in [0.1, 0.15) is 30.5 Å². The number of aromatic amines is 1. The van der Waals surface area contributed by atoms with E-state index in [0.29, 0.717) is 12.2 Å². The topological polar surface area (TPSA) is 69.7 Å². The van der Waals surface area contributed by atoms with Gasteiger partial charge in [-0.2, -0.15) is 0 Å². The Labute approximate surface area is 164 Å². The molecule has 0 amide bonds. The third-order valence-corrected chi connectivity index (χ3v) is 5.37. The Morgan fingerprint density at radius 3 is 2.82 bits per heavy atom. The Kier molecular flexibility index (Phi) is 4.31. The van der Waals surface area contributed by atoms with Crippen molar-refractivity contribution in [2.45, 2.75) is 32.7 Å². The molecule has 5 rings (SSSR count). The van der Waals surface area contributed by atoms with E-state index in [1.165, 1.54) is 41.4 Å². The van der Waals surface area contributed by atoms with Crippen molar-refractivity contribution in [2.24, 2.45) is 0 Å². The van der Waals surface area contributed by atoms with Crippen molar-refractivity contribution in [2.75, 3.05) is 23.3 Å². The molecule has 1 aromatic carbocycles. The van der Waals surface area contributed by atoms with Crippen LogP contribution in [0.15, 0.2) is 42.6 Å². The van der Waals surface area contributed by atoms with Crippen LogP contribution in [-0.4, -0.2) is 33.0 Å². The zero-order chi connectivity index (χ0) is 18.9. The molecule has 0 radical (unpaired) electrons. The van der Waals surface area contributed by atoms with E-state index in [4.69, 9.17) is 9.97 Å². The lowest BCUT2D eigenvalue weighted by molar-refractivity contribution is 0.574. The number of fused-ring (bicyclic) bond motifs is 2. The van der Waals surface area contributed by atoms with Crippen molar-refractivity contribution in [1.29, 1.82) is 0 Å². The first-order valence-corrected chi connectivity index (χ1v) is 9.95. The molecule has 1 fully saturated rings. The van der Waals surface area contributed by atoms with E-state index < -0.39 is 0 Å². The SMILES string of the molecule is Cc1cc2cc(CNc3cnc4ccc(N5CCCCC5)nc4n3)ccc2[nH]1. The molecule has 4 aromatic rings. The number of H-pyrrole nitrogens is 1. The maximum absolute atomic E-state index is 4.77. The third kappa shape index (κ3) is 3.38. The number of rotatable bonds is 4. The van der Waals surface area contributed by atoms with Gasteiger partial charge in [-0.1, -0.05) is 6.07 Å². The molecule has 0 saturated carbocycles. The number of aryl methyl sites for hydroxylation is 1. The molecule has 6 nitrogen and oxygen atoms in total. The number of hydrogen-bond donors (Lipinski definition) is 2. The summed E-state index contributed by atoms with van der Waals surface area (Å²) in [5.74, 6) is 1.76. The van der Waals surface area contributed by atoms with Crippen LogP contribution in [0.2, 0.25) is 0 Å². The van der Waals surface area contributed by atoms with Gasteiger partial charge < -0.3 is 15.2 Å². The quantitative estimate of drug-likeness (QED) is 0.555. The fraction of sp³-hybridized carbons (Fsp3) is 0.318. The fourth-order valence-corrected chi connectivity index (χ4v) is 3.90. The average Bonchev–Trinajstić information content (AvgIpc) is 3.11. The predicted molar refractivity (Wildman–Crippen MR) is 114 cm³/mol. The maximum Gasteiger partial charge on any atom is 0.182 e. The minimum Gasteiger partial charge on any atom is -0.365 e. The zero-order valence-corrected chi connectivity index (χ0v) is 16.1. The number of hydrogen-bond acceptors (Lipinski definition) is 5. The van der Waals surface area contributed by atoms with E-state index in [-0.39, 0.29) is 0 Å². The van der Waals surface area contributed by atoms with Crippen LogP contribution in [0.25, 0.3) is 22.1 Å². The number of piperidine rings is 1. The van der Waals surface area contributed by atoms with Crippen LogP contribution in [0.5, 0.6) is 0 Å². The summed E-state index contributed by atoms with van der Waals surface area (Å²) in [5, 5.41) is 4.62. The van der Waals surface area contributed by atoms with Crippen LogP contribution < -0.4 is 10.2 Å². The number of benzene rings is 1. The molecule has 1 saturated heterocycles. The molecule has 2 N–H and O–H groups in total. The Balaban J connectivity index is 1.35. The van der Waals surface area contributed by atoms with E-state index in [2.05, 4.69) is 57.4 Å². The third-order valence-electron chi connectivity index (χ3n) is 5.37. The molecular weight excluding hydrogens is 348 g/mol. The van der Waals surface area contributed by atoms with Gasteiger partial charge in [0.25, 0.3) is 0 Å². The van der Waals surface area contributed by atoms with Crippen molar-refractivity contribution < 1.29 is 0 Å². The van der Waals surface area contributed by atoms with E-state index in [1.54, 1.807) is 6.20 Å². The molecule has 1 aliphatic heterocycles. The normalized spacial score (nSPS) is 14.7. The van der Waals surface area contributed by atoms with Crippen molar-refractivity contribution >= 4 is 33.7 Å². The molecule has 4 heterocycles. The first-order valence-electron chi connectivity index (χ1n) is 9.95. The Morgan fingerprint density at radius 1 is 1.04 bits per heavy atom. The number of anilines is 2. The Hall–Kier alpha value is -3.15. The van der Waals surface area contributed by atoms with Crippen molar-refractivity contribution in [3.8, 4) is 0 Å². The molecular formula is C22H24N6. The summed E-state index contributed by atoms with van der Waals surface area (Å²) in [5.41, 5.74) is 5.08. The van der Waals surface area contributed by atoms with Crippen LogP contribution in [0.3, 0.4) is 0 Å². The summed E-state index contributed by atoms with van der Waals surface area (Å²) in [6.07, 6.45) is 5.56. The molecule has 0 bridgehead atoms. The number of nitrogens with zero attached hydrogens (tertiary/aromatic N) is 4. The van der Waals surface area contributed by atoms with Gasteiger partial charge in [0.15, 0.2) is 5.65 Å². The first kappa shape index (κ1) is 17.0. The lowest BCUT2D eigenvalue weighted by Crippen LogP contribution is -2.30. The zero-order valence-electron chi connectivity index (χ0n) is 16.1. The second-order valence-corrected chi connectivity index (χ2v) is 7.54. The van der Waals surface area contributed by atoms with Crippen molar-refractivity contribution in [1.82, 2.24) is 19.9 Å². The fourth-order valence-electron chi connectivity index (χ4n) is 3.90. The van der Waals surface area contributed by atoms with Gasteiger partial charge in [-0.15, -0.1) is 0 Å². The summed E-state index contributed by atoms with van der Waals surface area (Å²) in [6, 6.07) is 12.7. The number of nitrogens with one attached hydrogen (secondary N) is 2. The Bertz CT molecular complexity index is 1130. The standard InChI is InChI=1S/C22H24N6/c1-15-11-17-12-16(5-6-18(17)25-15)13-24-20-14-23-19-7-8-21(27-22(19)26-20)28-9-3-2-4-10-28/h5-8,11-12,14,25H,2-4,9-10,13H2,1H3,(H,24,26,27). The largest absolute Gasteiger partial charge is 0.365 e. The average molecular weight is 372 g/mol. The maximum atomic E-state index is 4.77. The molecule has 142 valence electrons. The molecule has 1 aliphatic rings. The van der Waals surface area contributed by atoms with Crippen LogP contribution in [0, 0.1) is 6.92 Å². The lowest BCUT2D eigenvalue weighted by atomic mass is 10.1. The highest BCUT2D eigenvalue weighted by Crippen LogP contribution is 2.21. The van der Waals surface area contributed by atoms with Gasteiger partial charge in [0.05, 0.1) is 6.20 Å². The van der Waals surface area contributed by atoms with Crippen LogP contribution in [0.4, 0.5) is 11.6 Å². The number of pyridine rings is 1. The van der Waals surface area contributed by atoms with E-state index in [9.17, 15) is 0 Å². The summed E-state index contributed by atoms with van der Waals surface area (Å²) < 4.78 is 0. The highest BCUT2D eigenvalue weighted by Gasteiger charge is 2.13. The second kappa shape index (κ2) is 7.11. The monoisotopic (exact) mass is 372 g/mol. The highest BCUT2D eigenvalue weighted by molar-refractivity contribution is 5.81. The lowest BCUT2D eigenvalue weighted by Gasteiger charge is -2.27. The molecule has 3 aromatic heterocycles. The molecule has 0 aliphatic carbocycles. The molecule has 0 atom stereocenters. The smallest absolute Gasteiger partial charge is 0.182 e. The second-order valence-electron chi connectivity index (χ2n) is 7.54. The van der Waals surface area contributed by atoms with Crippen molar-refractivity contribution in [3.63, 3.8) is 0 Å². The minimum atomic E-state index is 0.699. The summed E-state index contributed by atoms with van der Waals surface area (Å²) in [4.78, 5) is 19.7. The molecule has 6 heteroatoms. The summed E-state index contributed by atoms with van der Waals surface area (Å²) in [7, 11) is 0. The van der Waals surface area contributed by atoms with E-state index in [0.717, 1.165) is 30.2 Å². The van der Waals surface area contributed by atoms with Gasteiger partial charge in [-0.3, -0.25) is 0 Å². The first-order chi connectivity index (χ1) is 13.7. The summed E-state index contributed by atoms with van der Waals surface area (Å²) in [6.45, 7) is 4.93. The molecule has 0 spiro atoms. The predicted octanol–water partition coefficient (Wildman–Crippen LogP) is 4.42.